The molecule has 4 nitrogen and oxygen atoms in total. The minimum Gasteiger partial charge on any atom is -0.385 e. The molecule has 4 heteroatoms. The molecule has 0 spiro atoms. The lowest BCUT2D eigenvalue weighted by atomic mass is 10.2. The van der Waals surface area contributed by atoms with Crippen LogP contribution in [0.1, 0.15) is 13.3 Å². The van der Waals surface area contributed by atoms with Gasteiger partial charge in [-0.25, -0.2) is 0 Å². The van der Waals surface area contributed by atoms with Crippen molar-refractivity contribution in [3.05, 3.63) is 12.7 Å². The van der Waals surface area contributed by atoms with Crippen LogP contribution in [0.3, 0.4) is 0 Å². The van der Waals surface area contributed by atoms with Crippen molar-refractivity contribution in [2.75, 3.05) is 53.6 Å². The van der Waals surface area contributed by atoms with Crippen molar-refractivity contribution in [2.24, 2.45) is 0 Å². The molecule has 102 valence electrons. The predicted octanol–water partition coefficient (Wildman–Crippen LogP) is 1.14. The van der Waals surface area contributed by atoms with Gasteiger partial charge in [-0.1, -0.05) is 6.08 Å². The maximum Gasteiger partial charge on any atom is 0.0589 e. The molecule has 0 aliphatic rings. The Labute approximate surface area is 106 Å². The molecular weight excluding hydrogens is 216 g/mol. The Hall–Kier alpha value is -0.420. The molecule has 1 N–H and O–H groups in total. The van der Waals surface area contributed by atoms with Gasteiger partial charge in [0.15, 0.2) is 0 Å². The zero-order valence-corrected chi connectivity index (χ0v) is 11.6. The minimum atomic E-state index is 0.502. The largest absolute Gasteiger partial charge is 0.385 e. The van der Waals surface area contributed by atoms with Crippen molar-refractivity contribution in [1.82, 2.24) is 10.2 Å². The lowest BCUT2D eigenvalue weighted by molar-refractivity contribution is 0.111. The van der Waals surface area contributed by atoms with E-state index in [4.69, 9.17) is 9.47 Å². The number of hydrogen-bond donors (Lipinski definition) is 1. The highest BCUT2D eigenvalue weighted by molar-refractivity contribution is 4.74. The van der Waals surface area contributed by atoms with Crippen molar-refractivity contribution in [3.8, 4) is 0 Å². The Morgan fingerprint density at radius 2 is 1.94 bits per heavy atom. The first kappa shape index (κ1) is 16.6. The van der Waals surface area contributed by atoms with E-state index in [0.717, 1.165) is 45.8 Å². The second-order valence-corrected chi connectivity index (χ2v) is 4.17. The molecule has 0 aromatic carbocycles. The van der Waals surface area contributed by atoms with E-state index in [-0.39, 0.29) is 0 Å². The number of methoxy groups -OCH3 is 2. The van der Waals surface area contributed by atoms with Gasteiger partial charge in [0.25, 0.3) is 0 Å². The van der Waals surface area contributed by atoms with E-state index in [1.807, 2.05) is 6.08 Å². The average molecular weight is 244 g/mol. The highest BCUT2D eigenvalue weighted by Crippen LogP contribution is 2.00. The van der Waals surface area contributed by atoms with E-state index < -0.39 is 0 Å². The summed E-state index contributed by atoms with van der Waals surface area (Å²) in [5.74, 6) is 0. The highest BCUT2D eigenvalue weighted by Gasteiger charge is 2.12. The molecule has 1 unspecified atom stereocenters. The summed E-state index contributed by atoms with van der Waals surface area (Å²) in [4.78, 5) is 2.43. The first-order chi connectivity index (χ1) is 8.26. The third-order valence-electron chi connectivity index (χ3n) is 2.73. The fraction of sp³-hybridized carbons (Fsp3) is 0.846. The third-order valence-corrected chi connectivity index (χ3v) is 2.73. The highest BCUT2D eigenvalue weighted by atomic mass is 16.5. The second kappa shape index (κ2) is 12.0. The molecular formula is C13H28N2O2. The van der Waals surface area contributed by atoms with Crippen LogP contribution < -0.4 is 5.32 Å². The second-order valence-electron chi connectivity index (χ2n) is 4.17. The van der Waals surface area contributed by atoms with Crippen LogP contribution >= 0.6 is 0 Å². The predicted molar refractivity (Wildman–Crippen MR) is 72.5 cm³/mol. The molecule has 1 atom stereocenters. The van der Waals surface area contributed by atoms with Crippen LogP contribution in [0.2, 0.25) is 0 Å². The van der Waals surface area contributed by atoms with E-state index in [1.165, 1.54) is 0 Å². The maximum absolute atomic E-state index is 5.14. The minimum absolute atomic E-state index is 0.502. The van der Waals surface area contributed by atoms with Gasteiger partial charge in [0.1, 0.15) is 0 Å². The van der Waals surface area contributed by atoms with Crippen molar-refractivity contribution in [1.29, 1.82) is 0 Å². The van der Waals surface area contributed by atoms with Crippen LogP contribution in [-0.2, 0) is 9.47 Å². The van der Waals surface area contributed by atoms with Crippen molar-refractivity contribution >= 4 is 0 Å². The summed E-state index contributed by atoms with van der Waals surface area (Å²) < 4.78 is 10.2. The van der Waals surface area contributed by atoms with Crippen LogP contribution in [0, 0.1) is 0 Å². The summed E-state index contributed by atoms with van der Waals surface area (Å²) >= 11 is 0. The lowest BCUT2D eigenvalue weighted by Crippen LogP contribution is -2.42. The van der Waals surface area contributed by atoms with Gasteiger partial charge < -0.3 is 14.8 Å². The number of hydrogen-bond acceptors (Lipinski definition) is 4. The number of ether oxygens (including phenoxy) is 2. The van der Waals surface area contributed by atoms with Gasteiger partial charge in [-0.2, -0.15) is 0 Å². The van der Waals surface area contributed by atoms with Crippen LogP contribution in [0.15, 0.2) is 12.7 Å². The zero-order chi connectivity index (χ0) is 12.9. The number of nitrogens with one attached hydrogen (secondary N) is 1. The van der Waals surface area contributed by atoms with E-state index >= 15 is 0 Å². The van der Waals surface area contributed by atoms with Crippen LogP contribution in [0.4, 0.5) is 0 Å². The van der Waals surface area contributed by atoms with E-state index in [0.29, 0.717) is 6.04 Å². The topological polar surface area (TPSA) is 33.7 Å². The van der Waals surface area contributed by atoms with Gasteiger partial charge in [-0.15, -0.1) is 6.58 Å². The van der Waals surface area contributed by atoms with E-state index in [1.54, 1.807) is 14.2 Å². The Kier molecular flexibility index (Phi) is 11.8. The maximum atomic E-state index is 5.14. The lowest BCUT2D eigenvalue weighted by Gasteiger charge is -2.29. The normalized spacial score (nSPS) is 12.9. The first-order valence-corrected chi connectivity index (χ1v) is 6.29. The van der Waals surface area contributed by atoms with E-state index in [9.17, 15) is 0 Å². The molecule has 0 amide bonds. The molecule has 0 aliphatic heterocycles. The fourth-order valence-electron chi connectivity index (χ4n) is 1.70. The van der Waals surface area contributed by atoms with Gasteiger partial charge in [-0.05, 0) is 13.3 Å². The summed E-state index contributed by atoms with van der Waals surface area (Å²) in [6.07, 6.45) is 2.95. The van der Waals surface area contributed by atoms with Crippen molar-refractivity contribution in [2.45, 2.75) is 19.4 Å². The van der Waals surface area contributed by atoms with Gasteiger partial charge in [0, 0.05) is 53.0 Å². The molecule has 0 rings (SSSR count). The third kappa shape index (κ3) is 9.30. The monoisotopic (exact) mass is 244 g/mol. The van der Waals surface area contributed by atoms with Gasteiger partial charge in [-0.3, -0.25) is 4.90 Å². The smallest absolute Gasteiger partial charge is 0.0589 e. The average Bonchev–Trinajstić information content (AvgIpc) is 2.33. The molecule has 0 aromatic rings. The summed E-state index contributed by atoms with van der Waals surface area (Å²) in [6, 6.07) is 0.502. The summed E-state index contributed by atoms with van der Waals surface area (Å²) in [5.41, 5.74) is 0. The van der Waals surface area contributed by atoms with E-state index in [2.05, 4.69) is 23.7 Å². The Bertz CT molecular complexity index is 177. The molecule has 0 aliphatic carbocycles. The molecule has 0 fully saturated rings. The Morgan fingerprint density at radius 3 is 2.53 bits per heavy atom. The fourth-order valence-corrected chi connectivity index (χ4v) is 1.70. The summed E-state index contributed by atoms with van der Waals surface area (Å²) in [6.45, 7) is 11.4. The Balaban J connectivity index is 3.90. The summed E-state index contributed by atoms with van der Waals surface area (Å²) in [5, 5.41) is 3.35. The van der Waals surface area contributed by atoms with Gasteiger partial charge in [0.2, 0.25) is 0 Å². The number of nitrogens with zero attached hydrogens (tertiary/aromatic N) is 1. The first-order valence-electron chi connectivity index (χ1n) is 6.29. The van der Waals surface area contributed by atoms with Crippen LogP contribution in [-0.4, -0.2) is 64.6 Å². The summed E-state index contributed by atoms with van der Waals surface area (Å²) in [7, 11) is 3.49. The SMILES string of the molecule is C=CCNCC(C)N(CCCOC)CCOC. The molecule has 0 heterocycles. The molecule has 17 heavy (non-hydrogen) atoms. The Morgan fingerprint density at radius 1 is 1.24 bits per heavy atom. The van der Waals surface area contributed by atoms with Crippen molar-refractivity contribution < 1.29 is 9.47 Å². The van der Waals surface area contributed by atoms with Crippen LogP contribution in [0.25, 0.3) is 0 Å². The molecule has 0 bridgehead atoms. The standard InChI is InChI=1S/C13H28N2O2/c1-5-7-14-12-13(2)15(9-11-17-4)8-6-10-16-3/h5,13-14H,1,6-12H2,2-4H3. The van der Waals surface area contributed by atoms with Gasteiger partial charge in [0.05, 0.1) is 6.61 Å². The van der Waals surface area contributed by atoms with Crippen molar-refractivity contribution in [3.63, 3.8) is 0 Å². The van der Waals surface area contributed by atoms with Gasteiger partial charge >= 0.3 is 0 Å². The molecule has 0 saturated heterocycles. The quantitative estimate of drug-likeness (QED) is 0.412. The molecule has 0 saturated carbocycles. The molecule has 0 aromatic heterocycles. The number of rotatable bonds is 12. The van der Waals surface area contributed by atoms with Crippen LogP contribution in [0.5, 0.6) is 0 Å². The zero-order valence-electron chi connectivity index (χ0n) is 11.6. The molecule has 0 radical (unpaired) electrons.